The van der Waals surface area contributed by atoms with Gasteiger partial charge in [0.05, 0.1) is 23.2 Å². The van der Waals surface area contributed by atoms with E-state index in [2.05, 4.69) is 15.6 Å². The molecule has 1 saturated carbocycles. The van der Waals surface area contributed by atoms with Gasteiger partial charge < -0.3 is 20.5 Å². The molecule has 0 bridgehead atoms. The second kappa shape index (κ2) is 6.90. The van der Waals surface area contributed by atoms with Crippen molar-refractivity contribution in [3.05, 3.63) is 22.4 Å². The first kappa shape index (κ1) is 16.9. The molecular weight excluding hydrogens is 312 g/mol. The van der Waals surface area contributed by atoms with E-state index in [4.69, 9.17) is 4.74 Å². The number of nitro groups is 1. The Morgan fingerprint density at radius 3 is 2.71 bits per heavy atom. The van der Waals surface area contributed by atoms with E-state index in [1.165, 1.54) is 6.20 Å². The fraction of sp³-hybridized carbons (Fsp3) is 0.688. The minimum atomic E-state index is -0.587. The van der Waals surface area contributed by atoms with Crippen LogP contribution in [0.5, 0.6) is 0 Å². The average molecular weight is 336 g/mol. The van der Waals surface area contributed by atoms with Gasteiger partial charge >= 0.3 is 5.69 Å². The van der Waals surface area contributed by atoms with Crippen molar-refractivity contribution in [1.82, 2.24) is 4.98 Å². The third-order valence-corrected chi connectivity index (χ3v) is 4.78. The zero-order valence-corrected chi connectivity index (χ0v) is 13.8. The number of hydrogen-bond donors (Lipinski definition) is 3. The lowest BCUT2D eigenvalue weighted by molar-refractivity contribution is -0.384. The molecule has 0 aromatic carbocycles. The molecule has 2 fully saturated rings. The molecule has 1 aromatic rings. The molecule has 1 saturated heterocycles. The Labute approximate surface area is 140 Å². The number of aliphatic hydroxyl groups is 1. The van der Waals surface area contributed by atoms with E-state index < -0.39 is 10.5 Å². The summed E-state index contributed by atoms with van der Waals surface area (Å²) >= 11 is 0. The van der Waals surface area contributed by atoms with Crippen LogP contribution in [0.25, 0.3) is 0 Å². The van der Waals surface area contributed by atoms with Gasteiger partial charge in [0.15, 0.2) is 0 Å². The SMILES string of the molecule is CC1(O)CCC(Nc2cc(N[C@H]3CCOC3)c([N+](=O)[O-])cn2)CC1. The maximum atomic E-state index is 11.2. The summed E-state index contributed by atoms with van der Waals surface area (Å²) in [4.78, 5) is 15.0. The van der Waals surface area contributed by atoms with Gasteiger partial charge in [-0.1, -0.05) is 0 Å². The number of pyridine rings is 1. The van der Waals surface area contributed by atoms with Gasteiger partial charge in [0, 0.05) is 18.7 Å². The monoisotopic (exact) mass is 336 g/mol. The Kier molecular flexibility index (Phi) is 4.86. The summed E-state index contributed by atoms with van der Waals surface area (Å²) in [6, 6.07) is 2.01. The van der Waals surface area contributed by atoms with Crippen LogP contribution >= 0.6 is 0 Å². The lowest BCUT2D eigenvalue weighted by atomic mass is 9.84. The average Bonchev–Trinajstić information content (AvgIpc) is 3.02. The van der Waals surface area contributed by atoms with Gasteiger partial charge in [0.1, 0.15) is 17.7 Å². The maximum absolute atomic E-state index is 11.2. The molecule has 0 amide bonds. The number of aromatic nitrogens is 1. The van der Waals surface area contributed by atoms with E-state index in [1.54, 1.807) is 6.07 Å². The summed E-state index contributed by atoms with van der Waals surface area (Å²) in [6.45, 7) is 3.09. The van der Waals surface area contributed by atoms with Gasteiger partial charge in [-0.05, 0) is 39.0 Å². The lowest BCUT2D eigenvalue weighted by Gasteiger charge is -2.33. The predicted molar refractivity (Wildman–Crippen MR) is 90.2 cm³/mol. The van der Waals surface area contributed by atoms with Crippen molar-refractivity contribution < 1.29 is 14.8 Å². The van der Waals surface area contributed by atoms with Crippen molar-refractivity contribution >= 4 is 17.2 Å². The highest BCUT2D eigenvalue weighted by Gasteiger charge is 2.29. The van der Waals surface area contributed by atoms with Crippen LogP contribution in [0, 0.1) is 10.1 Å². The van der Waals surface area contributed by atoms with Crippen LogP contribution in [-0.2, 0) is 4.74 Å². The van der Waals surface area contributed by atoms with Crippen molar-refractivity contribution in [1.29, 1.82) is 0 Å². The van der Waals surface area contributed by atoms with Gasteiger partial charge in [-0.25, -0.2) is 4.98 Å². The topological polar surface area (TPSA) is 110 Å². The van der Waals surface area contributed by atoms with Crippen molar-refractivity contribution in [2.75, 3.05) is 23.8 Å². The Balaban J connectivity index is 1.70. The summed E-state index contributed by atoms with van der Waals surface area (Å²) < 4.78 is 5.31. The largest absolute Gasteiger partial charge is 0.390 e. The fourth-order valence-corrected chi connectivity index (χ4v) is 3.25. The minimum Gasteiger partial charge on any atom is -0.390 e. The van der Waals surface area contributed by atoms with Crippen molar-refractivity contribution in [2.45, 2.75) is 56.7 Å². The number of hydrogen-bond acceptors (Lipinski definition) is 7. The van der Waals surface area contributed by atoms with Gasteiger partial charge in [-0.15, -0.1) is 0 Å². The molecule has 2 heterocycles. The van der Waals surface area contributed by atoms with E-state index in [0.29, 0.717) is 24.7 Å². The summed E-state index contributed by atoms with van der Waals surface area (Å²) in [6.07, 6.45) is 5.31. The molecular formula is C16H24N4O4. The van der Waals surface area contributed by atoms with E-state index >= 15 is 0 Å². The fourth-order valence-electron chi connectivity index (χ4n) is 3.25. The summed E-state index contributed by atoms with van der Waals surface area (Å²) in [5.74, 6) is 0.619. The van der Waals surface area contributed by atoms with Gasteiger partial charge in [-0.3, -0.25) is 10.1 Å². The highest BCUT2D eigenvalue weighted by molar-refractivity contribution is 5.65. The van der Waals surface area contributed by atoms with E-state index in [1.807, 2.05) is 6.92 Å². The van der Waals surface area contributed by atoms with Crippen LogP contribution < -0.4 is 10.6 Å². The number of anilines is 2. The highest BCUT2D eigenvalue weighted by atomic mass is 16.6. The molecule has 0 unspecified atom stereocenters. The predicted octanol–water partition coefficient (Wildman–Crippen LogP) is 2.30. The van der Waals surface area contributed by atoms with Crippen LogP contribution in [-0.4, -0.2) is 45.9 Å². The third kappa shape index (κ3) is 4.12. The van der Waals surface area contributed by atoms with Crippen LogP contribution in [0.15, 0.2) is 12.3 Å². The Morgan fingerprint density at radius 2 is 2.08 bits per heavy atom. The summed E-state index contributed by atoms with van der Waals surface area (Å²) in [7, 11) is 0. The summed E-state index contributed by atoms with van der Waals surface area (Å²) in [5, 5.41) is 27.8. The molecule has 0 radical (unpaired) electrons. The number of ether oxygens (including phenoxy) is 1. The molecule has 132 valence electrons. The zero-order valence-electron chi connectivity index (χ0n) is 13.8. The molecule has 1 aromatic heterocycles. The second-order valence-electron chi connectivity index (χ2n) is 6.96. The molecule has 1 atom stereocenters. The standard InChI is InChI=1S/C16H24N4O4/c1-16(21)5-2-11(3-6-16)19-15-8-13(14(9-17-15)20(22)23)18-12-4-7-24-10-12/h8-9,11-12,21H,2-7,10H2,1H3,(H2,17,18,19)/t11?,12-,16?/m0/s1. The lowest BCUT2D eigenvalue weighted by Crippen LogP contribution is -2.35. The Bertz CT molecular complexity index is 592. The van der Waals surface area contributed by atoms with Gasteiger partial charge in [-0.2, -0.15) is 0 Å². The number of rotatable bonds is 5. The molecule has 3 N–H and O–H groups in total. The van der Waals surface area contributed by atoms with Gasteiger partial charge in [0.25, 0.3) is 0 Å². The molecule has 8 heteroatoms. The van der Waals surface area contributed by atoms with Crippen LogP contribution in [0.1, 0.15) is 39.0 Å². The zero-order chi connectivity index (χ0) is 17.2. The minimum absolute atomic E-state index is 0.0287. The van der Waals surface area contributed by atoms with Crippen molar-refractivity contribution in [3.63, 3.8) is 0 Å². The molecule has 2 aliphatic rings. The smallest absolute Gasteiger partial charge is 0.310 e. The molecule has 0 spiro atoms. The molecule has 1 aliphatic heterocycles. The van der Waals surface area contributed by atoms with E-state index in [9.17, 15) is 15.2 Å². The molecule has 8 nitrogen and oxygen atoms in total. The van der Waals surface area contributed by atoms with E-state index in [0.717, 1.165) is 32.1 Å². The Morgan fingerprint density at radius 1 is 1.33 bits per heavy atom. The van der Waals surface area contributed by atoms with Crippen LogP contribution in [0.3, 0.4) is 0 Å². The first-order valence-corrected chi connectivity index (χ1v) is 8.40. The van der Waals surface area contributed by atoms with Crippen LogP contribution in [0.4, 0.5) is 17.2 Å². The normalized spacial score (nSPS) is 30.1. The molecule has 1 aliphatic carbocycles. The maximum Gasteiger partial charge on any atom is 0.310 e. The third-order valence-electron chi connectivity index (χ3n) is 4.78. The summed E-state index contributed by atoms with van der Waals surface area (Å²) in [5.41, 5.74) is -0.147. The Hall–Kier alpha value is -1.93. The van der Waals surface area contributed by atoms with Crippen molar-refractivity contribution in [2.24, 2.45) is 0 Å². The van der Waals surface area contributed by atoms with Crippen LogP contribution in [0.2, 0.25) is 0 Å². The highest BCUT2D eigenvalue weighted by Crippen LogP contribution is 2.31. The quantitative estimate of drug-likeness (QED) is 0.559. The first-order valence-electron chi connectivity index (χ1n) is 8.40. The number of nitrogens with zero attached hydrogens (tertiary/aromatic N) is 2. The van der Waals surface area contributed by atoms with Gasteiger partial charge in [0.2, 0.25) is 0 Å². The number of nitrogens with one attached hydrogen (secondary N) is 2. The molecule has 3 rings (SSSR count). The second-order valence-corrected chi connectivity index (χ2v) is 6.96. The first-order chi connectivity index (χ1) is 11.4. The van der Waals surface area contributed by atoms with Crippen molar-refractivity contribution in [3.8, 4) is 0 Å². The van der Waals surface area contributed by atoms with E-state index in [-0.39, 0.29) is 17.8 Å². The molecule has 24 heavy (non-hydrogen) atoms.